The van der Waals surface area contributed by atoms with Gasteiger partial charge in [-0.15, -0.1) is 0 Å². The summed E-state index contributed by atoms with van der Waals surface area (Å²) in [6.45, 7) is 14.9. The summed E-state index contributed by atoms with van der Waals surface area (Å²) < 4.78 is 1.81. The Labute approximate surface area is 143 Å². The Morgan fingerprint density at radius 1 is 0.913 bits per heavy atom. The first-order chi connectivity index (χ1) is 9.51. The van der Waals surface area contributed by atoms with Gasteiger partial charge in [-0.05, 0) is 19.1 Å². The average molecular weight is 321 g/mol. The summed E-state index contributed by atoms with van der Waals surface area (Å²) in [5.74, 6) is 1.02. The second kappa shape index (κ2) is 8.80. The maximum atomic E-state index is 4.44. The van der Waals surface area contributed by atoms with Gasteiger partial charge >= 0.3 is 0 Å². The van der Waals surface area contributed by atoms with Gasteiger partial charge in [0.05, 0.1) is 0 Å². The van der Waals surface area contributed by atoms with Gasteiger partial charge in [0.2, 0.25) is 0 Å². The highest BCUT2D eigenvalue weighted by molar-refractivity contribution is 5.16. The molecule has 4 nitrogen and oxygen atoms in total. The summed E-state index contributed by atoms with van der Waals surface area (Å²) >= 11 is 0. The zero-order valence-electron chi connectivity index (χ0n) is 14.6. The van der Waals surface area contributed by atoms with E-state index in [9.17, 15) is 0 Å². The van der Waals surface area contributed by atoms with Crippen molar-refractivity contribution in [2.45, 2.75) is 74.1 Å². The first-order valence-electron chi connectivity index (χ1n) is 7.30. The summed E-state index contributed by atoms with van der Waals surface area (Å²) in [5, 5.41) is 3.99. The van der Waals surface area contributed by atoms with Crippen LogP contribution in [0.15, 0.2) is 24.5 Å². The third kappa shape index (κ3) is 7.40. The predicted molar refractivity (Wildman–Crippen MR) is 101 cm³/mol. The molecular weight excluding hydrogens is 284 g/mol. The number of hydrogen-bond acceptors (Lipinski definition) is 3. The van der Waals surface area contributed by atoms with Crippen LogP contribution >= 0.6 is 0 Å². The molecule has 0 amide bonds. The van der Waals surface area contributed by atoms with Crippen LogP contribution in [0.1, 0.15) is 73.6 Å². The lowest BCUT2D eigenvalue weighted by atomic mass is 9.91. The van der Waals surface area contributed by atoms with E-state index in [0.717, 1.165) is 17.2 Å². The van der Waals surface area contributed by atoms with E-state index in [-0.39, 0.29) is 25.7 Å². The molecule has 4 heteroatoms. The van der Waals surface area contributed by atoms with Gasteiger partial charge in [0.15, 0.2) is 0 Å². The highest BCUT2D eigenvalue weighted by Gasteiger charge is 2.18. The largest absolute Gasteiger partial charge is 0.258 e. The fourth-order valence-electron chi connectivity index (χ4n) is 1.94. The first-order valence-corrected chi connectivity index (χ1v) is 7.30. The minimum atomic E-state index is 0. The number of pyridine rings is 1. The molecule has 0 saturated heterocycles. The standard InChI is InChI=1S/C10H15N.C7H13N3.2CH4/c1-8-6-5-7-9(11-8)10(2,3)4;1-7(2,3)6-8-5-9-10(6)4;;/h5-7H,1-4H3;5H,1-4H3;2*1H4. The summed E-state index contributed by atoms with van der Waals surface area (Å²) in [4.78, 5) is 8.58. The smallest absolute Gasteiger partial charge is 0.138 e. The van der Waals surface area contributed by atoms with E-state index >= 15 is 0 Å². The topological polar surface area (TPSA) is 43.6 Å². The Morgan fingerprint density at radius 3 is 1.74 bits per heavy atom. The molecule has 0 spiro atoms. The molecule has 0 aliphatic heterocycles. The van der Waals surface area contributed by atoms with Gasteiger partial charge in [-0.3, -0.25) is 9.67 Å². The summed E-state index contributed by atoms with van der Waals surface area (Å²) in [5.41, 5.74) is 2.53. The van der Waals surface area contributed by atoms with Crippen molar-refractivity contribution < 1.29 is 0 Å². The molecule has 0 aliphatic rings. The van der Waals surface area contributed by atoms with Crippen LogP contribution in [0.5, 0.6) is 0 Å². The lowest BCUT2D eigenvalue weighted by Crippen LogP contribution is -2.17. The molecule has 2 aromatic rings. The third-order valence-electron chi connectivity index (χ3n) is 3.04. The Balaban J connectivity index is 0. The SMILES string of the molecule is C.C.Cc1cccc(C(C)(C)C)n1.Cn1ncnc1C(C)(C)C. The van der Waals surface area contributed by atoms with Crippen molar-refractivity contribution in [2.24, 2.45) is 7.05 Å². The molecule has 0 bridgehead atoms. The van der Waals surface area contributed by atoms with Crippen LogP contribution in [0.2, 0.25) is 0 Å². The predicted octanol–water partition coefficient (Wildman–Crippen LogP) is 5.07. The number of aryl methyl sites for hydroxylation is 2. The number of hydrogen-bond donors (Lipinski definition) is 0. The van der Waals surface area contributed by atoms with E-state index in [1.165, 1.54) is 0 Å². The first kappa shape index (κ1) is 23.6. The van der Waals surface area contributed by atoms with Crippen LogP contribution in [0.4, 0.5) is 0 Å². The third-order valence-corrected chi connectivity index (χ3v) is 3.04. The van der Waals surface area contributed by atoms with Gasteiger partial charge in [0.25, 0.3) is 0 Å². The Bertz CT molecular complexity index is 572. The zero-order valence-corrected chi connectivity index (χ0v) is 14.6. The van der Waals surface area contributed by atoms with Crippen molar-refractivity contribution in [1.82, 2.24) is 19.7 Å². The molecule has 0 unspecified atom stereocenters. The van der Waals surface area contributed by atoms with Crippen LogP contribution in [0.3, 0.4) is 0 Å². The van der Waals surface area contributed by atoms with Gasteiger partial charge in [-0.25, -0.2) is 4.98 Å². The minimum absolute atomic E-state index is 0. The van der Waals surface area contributed by atoms with Crippen LogP contribution in [0.25, 0.3) is 0 Å². The highest BCUT2D eigenvalue weighted by Crippen LogP contribution is 2.19. The van der Waals surface area contributed by atoms with E-state index in [2.05, 4.69) is 68.7 Å². The molecule has 0 atom stereocenters. The van der Waals surface area contributed by atoms with E-state index in [0.29, 0.717) is 0 Å². The van der Waals surface area contributed by atoms with Crippen molar-refractivity contribution in [3.63, 3.8) is 0 Å². The van der Waals surface area contributed by atoms with Crippen LogP contribution in [0, 0.1) is 6.92 Å². The molecule has 0 fully saturated rings. The molecule has 0 N–H and O–H groups in total. The van der Waals surface area contributed by atoms with E-state index in [4.69, 9.17) is 0 Å². The van der Waals surface area contributed by atoms with Crippen LogP contribution < -0.4 is 0 Å². The normalized spacial score (nSPS) is 10.8. The minimum Gasteiger partial charge on any atom is -0.258 e. The van der Waals surface area contributed by atoms with Crippen molar-refractivity contribution in [1.29, 1.82) is 0 Å². The van der Waals surface area contributed by atoms with E-state index < -0.39 is 0 Å². The van der Waals surface area contributed by atoms with Crippen molar-refractivity contribution >= 4 is 0 Å². The molecule has 2 aromatic heterocycles. The second-order valence-electron chi connectivity index (χ2n) is 7.37. The Morgan fingerprint density at radius 2 is 1.48 bits per heavy atom. The Hall–Kier alpha value is -1.71. The fourth-order valence-corrected chi connectivity index (χ4v) is 1.94. The van der Waals surface area contributed by atoms with Gasteiger partial charge in [0, 0.05) is 29.3 Å². The summed E-state index contributed by atoms with van der Waals surface area (Å²) in [7, 11) is 1.91. The maximum absolute atomic E-state index is 4.44. The molecule has 0 aromatic carbocycles. The average Bonchev–Trinajstić information content (AvgIpc) is 2.75. The molecule has 2 heterocycles. The quantitative estimate of drug-likeness (QED) is 0.680. The van der Waals surface area contributed by atoms with Crippen LogP contribution in [-0.4, -0.2) is 19.7 Å². The van der Waals surface area contributed by atoms with Gasteiger partial charge < -0.3 is 0 Å². The van der Waals surface area contributed by atoms with Gasteiger partial charge in [0.1, 0.15) is 12.2 Å². The zero-order chi connectivity index (χ0) is 16.3. The van der Waals surface area contributed by atoms with Crippen molar-refractivity contribution in [3.8, 4) is 0 Å². The highest BCUT2D eigenvalue weighted by atomic mass is 15.3. The lowest BCUT2D eigenvalue weighted by Gasteiger charge is -2.17. The molecular formula is C19H36N4. The summed E-state index contributed by atoms with van der Waals surface area (Å²) in [6, 6.07) is 6.16. The maximum Gasteiger partial charge on any atom is 0.138 e. The molecule has 2 rings (SSSR count). The van der Waals surface area contributed by atoms with E-state index in [1.54, 1.807) is 11.0 Å². The summed E-state index contributed by atoms with van der Waals surface area (Å²) in [6.07, 6.45) is 1.58. The van der Waals surface area contributed by atoms with Gasteiger partial charge in [-0.1, -0.05) is 62.5 Å². The number of aromatic nitrogens is 4. The molecule has 132 valence electrons. The van der Waals surface area contributed by atoms with Crippen molar-refractivity contribution in [2.75, 3.05) is 0 Å². The Kier molecular flexibility index (Phi) is 9.01. The fraction of sp³-hybridized carbons (Fsp3) is 0.632. The number of rotatable bonds is 0. The second-order valence-corrected chi connectivity index (χ2v) is 7.37. The molecule has 23 heavy (non-hydrogen) atoms. The molecule has 0 saturated carbocycles. The molecule has 0 aliphatic carbocycles. The van der Waals surface area contributed by atoms with E-state index in [1.807, 2.05) is 20.0 Å². The van der Waals surface area contributed by atoms with Gasteiger partial charge in [-0.2, -0.15) is 5.10 Å². The monoisotopic (exact) mass is 320 g/mol. The van der Waals surface area contributed by atoms with Crippen LogP contribution in [-0.2, 0) is 17.9 Å². The molecule has 0 radical (unpaired) electrons. The lowest BCUT2D eigenvalue weighted by molar-refractivity contribution is 0.506. The van der Waals surface area contributed by atoms with Crippen molar-refractivity contribution in [3.05, 3.63) is 41.7 Å². The number of nitrogens with zero attached hydrogens (tertiary/aromatic N) is 4.